The number of nitrogens with one attached hydrogen (secondary N) is 1. The van der Waals surface area contributed by atoms with Crippen LogP contribution in [0.5, 0.6) is 0 Å². The average molecular weight is 251 g/mol. The summed E-state index contributed by atoms with van der Waals surface area (Å²) in [5.74, 6) is 0.848. The van der Waals surface area contributed by atoms with E-state index in [-0.39, 0.29) is 0 Å². The lowest BCUT2D eigenvalue weighted by atomic mass is 9.70. The lowest BCUT2D eigenvalue weighted by molar-refractivity contribution is 0.128. The minimum absolute atomic E-state index is 0.576. The Labute approximate surface area is 114 Å². The fraction of sp³-hybridized carbons (Fsp3) is 1.00. The van der Waals surface area contributed by atoms with Gasteiger partial charge < -0.3 is 5.32 Å². The van der Waals surface area contributed by atoms with Crippen molar-refractivity contribution in [2.75, 3.05) is 6.54 Å². The number of rotatable bonds is 3. The highest BCUT2D eigenvalue weighted by Gasteiger charge is 2.34. The average Bonchev–Trinajstić information content (AvgIpc) is 2.28. The monoisotopic (exact) mass is 251 g/mol. The van der Waals surface area contributed by atoms with Gasteiger partial charge in [0.1, 0.15) is 0 Å². The lowest BCUT2D eigenvalue weighted by Gasteiger charge is -2.42. The van der Waals surface area contributed by atoms with Crippen molar-refractivity contribution in [2.24, 2.45) is 16.7 Å². The van der Waals surface area contributed by atoms with Crippen LogP contribution < -0.4 is 5.32 Å². The smallest absolute Gasteiger partial charge is 0.00933 e. The van der Waals surface area contributed by atoms with Gasteiger partial charge in [0.05, 0.1) is 0 Å². The Balaban J connectivity index is 1.80. The summed E-state index contributed by atoms with van der Waals surface area (Å²) in [7, 11) is 0. The van der Waals surface area contributed by atoms with E-state index in [1.165, 1.54) is 57.9 Å². The highest BCUT2D eigenvalue weighted by atomic mass is 14.9. The molecule has 2 unspecified atom stereocenters. The van der Waals surface area contributed by atoms with Crippen molar-refractivity contribution in [2.45, 2.75) is 85.1 Å². The molecule has 0 bridgehead atoms. The summed E-state index contributed by atoms with van der Waals surface area (Å²) in [6.45, 7) is 11.1. The van der Waals surface area contributed by atoms with E-state index in [4.69, 9.17) is 0 Å². The van der Waals surface area contributed by atoms with E-state index in [0.29, 0.717) is 10.8 Å². The molecule has 2 aliphatic rings. The van der Waals surface area contributed by atoms with Crippen LogP contribution in [0.3, 0.4) is 0 Å². The van der Waals surface area contributed by atoms with Crippen molar-refractivity contribution < 1.29 is 0 Å². The Hall–Kier alpha value is -0.0400. The molecule has 1 heteroatoms. The van der Waals surface area contributed by atoms with E-state index in [0.717, 1.165) is 12.0 Å². The van der Waals surface area contributed by atoms with Crippen LogP contribution in [0.15, 0.2) is 0 Å². The van der Waals surface area contributed by atoms with Crippen LogP contribution in [0.4, 0.5) is 0 Å². The predicted octanol–water partition coefficient (Wildman–Crippen LogP) is 4.76. The maximum atomic E-state index is 3.92. The SMILES string of the molecule is CC1CC(C)(C)CCC1NCC1(C)CCCCC1. The maximum Gasteiger partial charge on any atom is 0.00933 e. The summed E-state index contributed by atoms with van der Waals surface area (Å²) in [6.07, 6.45) is 11.4. The summed E-state index contributed by atoms with van der Waals surface area (Å²) in [5, 5.41) is 3.92. The van der Waals surface area contributed by atoms with Gasteiger partial charge in [0.15, 0.2) is 0 Å². The van der Waals surface area contributed by atoms with Gasteiger partial charge in [-0.3, -0.25) is 0 Å². The van der Waals surface area contributed by atoms with Crippen molar-refractivity contribution in [1.29, 1.82) is 0 Å². The maximum absolute atomic E-state index is 3.92. The molecule has 106 valence electrons. The summed E-state index contributed by atoms with van der Waals surface area (Å²) in [6, 6.07) is 0.775. The van der Waals surface area contributed by atoms with E-state index < -0.39 is 0 Å². The Bertz CT molecular complexity index is 263. The molecule has 2 rings (SSSR count). The van der Waals surface area contributed by atoms with E-state index in [1.54, 1.807) is 0 Å². The first kappa shape index (κ1) is 14.4. The first-order chi connectivity index (χ1) is 8.40. The van der Waals surface area contributed by atoms with Crippen LogP contribution in [-0.2, 0) is 0 Å². The highest BCUT2D eigenvalue weighted by Crippen LogP contribution is 2.40. The zero-order valence-corrected chi connectivity index (χ0v) is 13.0. The zero-order valence-electron chi connectivity index (χ0n) is 13.0. The van der Waals surface area contributed by atoms with E-state index in [9.17, 15) is 0 Å². The molecule has 0 aromatic heterocycles. The molecule has 0 radical (unpaired) electrons. The normalized spacial score (nSPS) is 35.3. The zero-order chi connectivity index (χ0) is 13.2. The highest BCUT2D eigenvalue weighted by molar-refractivity contribution is 4.89. The van der Waals surface area contributed by atoms with E-state index >= 15 is 0 Å². The summed E-state index contributed by atoms with van der Waals surface area (Å²) in [5.41, 5.74) is 1.16. The molecule has 2 saturated carbocycles. The molecule has 0 aromatic carbocycles. The van der Waals surface area contributed by atoms with Crippen LogP contribution in [0.25, 0.3) is 0 Å². The molecule has 0 heterocycles. The van der Waals surface area contributed by atoms with Crippen LogP contribution in [0, 0.1) is 16.7 Å². The molecule has 0 amide bonds. The Kier molecular flexibility index (Phi) is 4.41. The molecule has 0 spiro atoms. The second-order valence-electron chi connectivity index (χ2n) is 8.24. The second-order valence-corrected chi connectivity index (χ2v) is 8.24. The second kappa shape index (κ2) is 5.53. The number of hydrogen-bond donors (Lipinski definition) is 1. The summed E-state index contributed by atoms with van der Waals surface area (Å²) < 4.78 is 0. The van der Waals surface area contributed by atoms with Gasteiger partial charge in [-0.2, -0.15) is 0 Å². The van der Waals surface area contributed by atoms with Crippen molar-refractivity contribution in [1.82, 2.24) is 5.32 Å². The molecule has 1 nitrogen and oxygen atoms in total. The lowest BCUT2D eigenvalue weighted by Crippen LogP contribution is -2.46. The fourth-order valence-corrected chi connectivity index (χ4v) is 4.21. The van der Waals surface area contributed by atoms with Gasteiger partial charge in [-0.25, -0.2) is 0 Å². The quantitative estimate of drug-likeness (QED) is 0.762. The third-order valence-electron chi connectivity index (χ3n) is 5.55. The minimum atomic E-state index is 0.576. The van der Waals surface area contributed by atoms with Crippen LogP contribution in [0.2, 0.25) is 0 Å². The van der Waals surface area contributed by atoms with E-state index in [2.05, 4.69) is 33.0 Å². The third kappa shape index (κ3) is 3.73. The van der Waals surface area contributed by atoms with Crippen LogP contribution >= 0.6 is 0 Å². The summed E-state index contributed by atoms with van der Waals surface area (Å²) in [4.78, 5) is 0. The third-order valence-corrected chi connectivity index (χ3v) is 5.55. The van der Waals surface area contributed by atoms with Gasteiger partial charge in [0.2, 0.25) is 0 Å². The molecule has 1 N–H and O–H groups in total. The van der Waals surface area contributed by atoms with Gasteiger partial charge in [0, 0.05) is 12.6 Å². The van der Waals surface area contributed by atoms with Crippen molar-refractivity contribution in [3.63, 3.8) is 0 Å². The standard InChI is InChI=1S/C17H33N/c1-14-12-16(2,3)11-8-15(14)18-13-17(4)9-6-5-7-10-17/h14-15,18H,5-13H2,1-4H3. The van der Waals surface area contributed by atoms with Crippen molar-refractivity contribution in [3.05, 3.63) is 0 Å². The Morgan fingerprint density at radius 3 is 2.28 bits per heavy atom. The minimum Gasteiger partial charge on any atom is -0.313 e. The van der Waals surface area contributed by atoms with Gasteiger partial charge in [-0.1, -0.05) is 47.0 Å². The largest absolute Gasteiger partial charge is 0.313 e. The van der Waals surface area contributed by atoms with Gasteiger partial charge in [0.25, 0.3) is 0 Å². The number of hydrogen-bond acceptors (Lipinski definition) is 1. The molecule has 2 aliphatic carbocycles. The molecule has 0 saturated heterocycles. The van der Waals surface area contributed by atoms with E-state index in [1.807, 2.05) is 0 Å². The first-order valence-electron chi connectivity index (χ1n) is 8.14. The van der Waals surface area contributed by atoms with Gasteiger partial charge >= 0.3 is 0 Å². The van der Waals surface area contributed by atoms with Crippen LogP contribution in [-0.4, -0.2) is 12.6 Å². The molecule has 0 aliphatic heterocycles. The molecule has 2 atom stereocenters. The van der Waals surface area contributed by atoms with Gasteiger partial charge in [-0.05, 0) is 48.9 Å². The predicted molar refractivity (Wildman–Crippen MR) is 79.8 cm³/mol. The molecule has 0 aromatic rings. The molecule has 2 fully saturated rings. The first-order valence-corrected chi connectivity index (χ1v) is 8.14. The van der Waals surface area contributed by atoms with Crippen LogP contribution in [0.1, 0.15) is 79.1 Å². The van der Waals surface area contributed by atoms with Crippen molar-refractivity contribution >= 4 is 0 Å². The Morgan fingerprint density at radius 2 is 1.67 bits per heavy atom. The molecule has 18 heavy (non-hydrogen) atoms. The fourth-order valence-electron chi connectivity index (χ4n) is 4.21. The van der Waals surface area contributed by atoms with Crippen molar-refractivity contribution in [3.8, 4) is 0 Å². The summed E-state index contributed by atoms with van der Waals surface area (Å²) >= 11 is 0. The Morgan fingerprint density at radius 1 is 1.00 bits per heavy atom. The topological polar surface area (TPSA) is 12.0 Å². The molecular weight excluding hydrogens is 218 g/mol. The molecular formula is C17H33N. The van der Waals surface area contributed by atoms with Gasteiger partial charge in [-0.15, -0.1) is 0 Å².